The number of hydrogen-bond donors (Lipinski definition) is 1. The molecule has 0 unspecified atom stereocenters. The number of pyridine rings is 1. The highest BCUT2D eigenvalue weighted by Gasteiger charge is 2.21. The molecule has 0 fully saturated rings. The zero-order valence-electron chi connectivity index (χ0n) is 10.3. The molecule has 0 aromatic carbocycles. The first kappa shape index (κ1) is 11.2. The topological polar surface area (TPSA) is 54.2 Å². The molecule has 5 nitrogen and oxygen atoms in total. The number of imidazole rings is 1. The van der Waals surface area contributed by atoms with Gasteiger partial charge in [-0.1, -0.05) is 6.07 Å². The number of hydrogen-bond acceptors (Lipinski definition) is 4. The molecule has 2 aromatic heterocycles. The van der Waals surface area contributed by atoms with Gasteiger partial charge in [-0.15, -0.1) is 0 Å². The van der Waals surface area contributed by atoms with E-state index in [9.17, 15) is 5.11 Å². The molecule has 94 valence electrons. The molecule has 18 heavy (non-hydrogen) atoms. The molecular weight excluding hydrogens is 228 g/mol. The fourth-order valence-corrected chi connectivity index (χ4v) is 2.35. The predicted octanol–water partition coefficient (Wildman–Crippen LogP) is 1.35. The lowest BCUT2D eigenvalue weighted by Crippen LogP contribution is -2.35. The number of nitrogens with zero attached hydrogens (tertiary/aromatic N) is 4. The highest BCUT2D eigenvalue weighted by Crippen LogP contribution is 2.26. The van der Waals surface area contributed by atoms with Gasteiger partial charge in [0.1, 0.15) is 11.6 Å². The van der Waals surface area contributed by atoms with Gasteiger partial charge in [0.05, 0.1) is 12.6 Å². The first-order valence-corrected chi connectivity index (χ1v) is 6.13. The molecule has 1 atom stereocenters. The van der Waals surface area contributed by atoms with Crippen LogP contribution in [0.3, 0.4) is 0 Å². The Kier molecular flexibility index (Phi) is 2.76. The number of rotatable bonds is 2. The lowest BCUT2D eigenvalue weighted by Gasteiger charge is -2.30. The van der Waals surface area contributed by atoms with Crippen LogP contribution >= 0.6 is 0 Å². The van der Waals surface area contributed by atoms with Crippen molar-refractivity contribution in [1.29, 1.82) is 0 Å². The normalized spacial score (nSPS) is 16.4. The molecule has 0 saturated carbocycles. The summed E-state index contributed by atoms with van der Waals surface area (Å²) in [7, 11) is 0. The number of aromatic nitrogens is 3. The van der Waals surface area contributed by atoms with Gasteiger partial charge in [-0.2, -0.15) is 0 Å². The van der Waals surface area contributed by atoms with Gasteiger partial charge >= 0.3 is 0 Å². The molecule has 3 heterocycles. The van der Waals surface area contributed by atoms with E-state index in [1.165, 1.54) is 0 Å². The number of fused-ring (bicyclic) bond motifs is 1. The first-order chi connectivity index (χ1) is 8.75. The average Bonchev–Trinajstić information content (AvgIpc) is 2.85. The second kappa shape index (κ2) is 4.42. The van der Waals surface area contributed by atoms with Gasteiger partial charge in [0.2, 0.25) is 0 Å². The van der Waals surface area contributed by atoms with Crippen molar-refractivity contribution in [1.82, 2.24) is 14.5 Å². The predicted molar refractivity (Wildman–Crippen MR) is 68.1 cm³/mol. The summed E-state index contributed by atoms with van der Waals surface area (Å²) in [6.45, 7) is 4.31. The Morgan fingerprint density at radius 2 is 2.17 bits per heavy atom. The van der Waals surface area contributed by atoms with Crippen LogP contribution in [0.15, 0.2) is 30.7 Å². The van der Waals surface area contributed by atoms with E-state index in [-0.39, 0.29) is 0 Å². The highest BCUT2D eigenvalue weighted by molar-refractivity contribution is 5.48. The van der Waals surface area contributed by atoms with Crippen molar-refractivity contribution < 1.29 is 5.11 Å². The SMILES string of the molecule is C[C@@H](O)c1cccnc1N1CCn2ccnc2C1. The Labute approximate surface area is 106 Å². The lowest BCUT2D eigenvalue weighted by molar-refractivity contribution is 0.199. The highest BCUT2D eigenvalue weighted by atomic mass is 16.3. The summed E-state index contributed by atoms with van der Waals surface area (Å²) in [5, 5.41) is 9.80. The van der Waals surface area contributed by atoms with Crippen molar-refractivity contribution in [2.45, 2.75) is 26.1 Å². The van der Waals surface area contributed by atoms with Crippen LogP contribution in [0.1, 0.15) is 24.4 Å². The number of anilines is 1. The molecule has 0 aliphatic carbocycles. The second-order valence-electron chi connectivity index (χ2n) is 4.55. The zero-order valence-corrected chi connectivity index (χ0v) is 10.3. The van der Waals surface area contributed by atoms with E-state index in [1.54, 1.807) is 13.1 Å². The molecule has 1 aliphatic heterocycles. The maximum absolute atomic E-state index is 9.80. The van der Waals surface area contributed by atoms with E-state index in [2.05, 4.69) is 19.4 Å². The summed E-state index contributed by atoms with van der Waals surface area (Å²) in [4.78, 5) is 10.9. The van der Waals surface area contributed by atoms with E-state index in [4.69, 9.17) is 0 Å². The van der Waals surface area contributed by atoms with E-state index in [1.807, 2.05) is 24.5 Å². The standard InChI is InChI=1S/C13H16N4O/c1-10(18)11-3-2-4-15-13(11)17-8-7-16-6-5-14-12(16)9-17/h2-6,10,18H,7-9H2,1H3/t10-/m1/s1. The third-order valence-corrected chi connectivity index (χ3v) is 3.31. The Hall–Kier alpha value is -1.88. The first-order valence-electron chi connectivity index (χ1n) is 6.13. The smallest absolute Gasteiger partial charge is 0.134 e. The largest absolute Gasteiger partial charge is 0.389 e. The Bertz CT molecular complexity index is 549. The molecule has 3 rings (SSSR count). The molecule has 0 saturated heterocycles. The third-order valence-electron chi connectivity index (χ3n) is 3.31. The Balaban J connectivity index is 1.93. The van der Waals surface area contributed by atoms with Gasteiger partial charge in [-0.25, -0.2) is 9.97 Å². The molecular formula is C13H16N4O. The van der Waals surface area contributed by atoms with Crippen LogP contribution in [0.5, 0.6) is 0 Å². The van der Waals surface area contributed by atoms with Crippen LogP contribution in [0, 0.1) is 0 Å². The van der Waals surface area contributed by atoms with Crippen LogP contribution < -0.4 is 4.90 Å². The van der Waals surface area contributed by atoms with Crippen LogP contribution in [-0.2, 0) is 13.1 Å². The van der Waals surface area contributed by atoms with E-state index >= 15 is 0 Å². The minimum absolute atomic E-state index is 0.504. The molecule has 5 heteroatoms. The van der Waals surface area contributed by atoms with Crippen molar-refractivity contribution in [2.75, 3.05) is 11.4 Å². The van der Waals surface area contributed by atoms with E-state index in [0.717, 1.165) is 36.8 Å². The Morgan fingerprint density at radius 1 is 1.28 bits per heavy atom. The zero-order chi connectivity index (χ0) is 12.5. The summed E-state index contributed by atoms with van der Waals surface area (Å²) in [6.07, 6.45) is 5.09. The van der Waals surface area contributed by atoms with Crippen molar-refractivity contribution >= 4 is 5.82 Å². The number of aliphatic hydroxyl groups is 1. The second-order valence-corrected chi connectivity index (χ2v) is 4.55. The summed E-state index contributed by atoms with van der Waals surface area (Å²) in [5.41, 5.74) is 0.873. The minimum atomic E-state index is -0.504. The minimum Gasteiger partial charge on any atom is -0.389 e. The van der Waals surface area contributed by atoms with Gasteiger partial charge in [0.25, 0.3) is 0 Å². The molecule has 0 amide bonds. The molecule has 2 aromatic rings. The van der Waals surface area contributed by atoms with Gasteiger partial charge in [-0.05, 0) is 13.0 Å². The van der Waals surface area contributed by atoms with Crippen LogP contribution in [0.25, 0.3) is 0 Å². The number of aliphatic hydroxyl groups excluding tert-OH is 1. The molecule has 1 aliphatic rings. The maximum Gasteiger partial charge on any atom is 0.134 e. The summed E-state index contributed by atoms with van der Waals surface area (Å²) in [6, 6.07) is 3.78. The van der Waals surface area contributed by atoms with Crippen molar-refractivity contribution in [3.8, 4) is 0 Å². The van der Waals surface area contributed by atoms with Gasteiger partial charge in [-0.3, -0.25) is 0 Å². The van der Waals surface area contributed by atoms with Crippen molar-refractivity contribution in [2.24, 2.45) is 0 Å². The summed E-state index contributed by atoms with van der Waals surface area (Å²) >= 11 is 0. The van der Waals surface area contributed by atoms with E-state index < -0.39 is 6.10 Å². The van der Waals surface area contributed by atoms with Gasteiger partial charge in [0, 0.05) is 37.2 Å². The molecule has 0 spiro atoms. The van der Waals surface area contributed by atoms with E-state index in [0.29, 0.717) is 0 Å². The summed E-state index contributed by atoms with van der Waals surface area (Å²) < 4.78 is 2.15. The third kappa shape index (κ3) is 1.86. The molecule has 0 bridgehead atoms. The lowest BCUT2D eigenvalue weighted by atomic mass is 10.1. The fourth-order valence-electron chi connectivity index (χ4n) is 2.35. The molecule has 1 N–H and O–H groups in total. The molecule has 0 radical (unpaired) electrons. The van der Waals surface area contributed by atoms with Gasteiger partial charge < -0.3 is 14.6 Å². The Morgan fingerprint density at radius 3 is 3.00 bits per heavy atom. The monoisotopic (exact) mass is 244 g/mol. The van der Waals surface area contributed by atoms with Crippen LogP contribution in [-0.4, -0.2) is 26.2 Å². The maximum atomic E-state index is 9.80. The van der Waals surface area contributed by atoms with Crippen molar-refractivity contribution in [3.05, 3.63) is 42.1 Å². The van der Waals surface area contributed by atoms with Gasteiger partial charge in [0.15, 0.2) is 0 Å². The van der Waals surface area contributed by atoms with Crippen LogP contribution in [0.4, 0.5) is 5.82 Å². The summed E-state index contributed by atoms with van der Waals surface area (Å²) in [5.74, 6) is 1.91. The average molecular weight is 244 g/mol. The fraction of sp³-hybridized carbons (Fsp3) is 0.385. The van der Waals surface area contributed by atoms with Crippen molar-refractivity contribution in [3.63, 3.8) is 0 Å². The van der Waals surface area contributed by atoms with Crippen LogP contribution in [0.2, 0.25) is 0 Å². The quantitative estimate of drug-likeness (QED) is 0.866.